The van der Waals surface area contributed by atoms with Crippen molar-refractivity contribution in [3.8, 4) is 11.5 Å². The van der Waals surface area contributed by atoms with Gasteiger partial charge in [-0.3, -0.25) is 4.79 Å². The Labute approximate surface area is 211 Å². The first-order valence-electron chi connectivity index (χ1n) is 10.7. The molecular weight excluding hydrogens is 487 g/mol. The van der Waals surface area contributed by atoms with Crippen molar-refractivity contribution in [2.45, 2.75) is 39.2 Å². The van der Waals surface area contributed by atoms with Crippen molar-refractivity contribution in [3.05, 3.63) is 57.6 Å². The molecule has 0 saturated heterocycles. The lowest BCUT2D eigenvalue weighted by atomic mass is 9.78. The minimum atomic E-state index is -0.592. The summed E-state index contributed by atoms with van der Waals surface area (Å²) in [5, 5.41) is 0.739. The van der Waals surface area contributed by atoms with Crippen LogP contribution in [0.25, 0.3) is 0 Å². The van der Waals surface area contributed by atoms with Gasteiger partial charge in [0.25, 0.3) is 0 Å². The van der Waals surface area contributed by atoms with E-state index in [1.807, 2.05) is 36.4 Å². The first kappa shape index (κ1) is 27.6. The summed E-state index contributed by atoms with van der Waals surface area (Å²) >= 11 is 18.8. The summed E-state index contributed by atoms with van der Waals surface area (Å²) in [6.45, 7) is 8.88. The van der Waals surface area contributed by atoms with Crippen molar-refractivity contribution < 1.29 is 23.7 Å². The van der Waals surface area contributed by atoms with E-state index >= 15 is 0 Å². The topological polar surface area (TPSA) is 54.0 Å². The zero-order valence-corrected chi connectivity index (χ0v) is 21.9. The average molecular weight is 518 g/mol. The van der Waals surface area contributed by atoms with E-state index in [0.717, 1.165) is 16.9 Å². The SMILES string of the molecule is COCC(C)COc1ccc(C(C)(C)c2cc(Cl)c(OCC(CCl)OC(C)=O)c(Cl)c2)cc1. The zero-order chi connectivity index (χ0) is 24.6. The third kappa shape index (κ3) is 7.96. The first-order chi connectivity index (χ1) is 15.6. The van der Waals surface area contributed by atoms with Gasteiger partial charge in [0.2, 0.25) is 0 Å². The van der Waals surface area contributed by atoms with E-state index in [1.54, 1.807) is 7.11 Å². The fraction of sp³-hybridized carbons (Fsp3) is 0.480. The molecule has 2 rings (SSSR count). The molecule has 0 aliphatic rings. The molecule has 2 aromatic carbocycles. The summed E-state index contributed by atoms with van der Waals surface area (Å²) in [6.07, 6.45) is -0.592. The number of esters is 1. The van der Waals surface area contributed by atoms with Crippen LogP contribution in [0.5, 0.6) is 11.5 Å². The fourth-order valence-corrected chi connectivity index (χ4v) is 4.03. The number of benzene rings is 2. The summed E-state index contributed by atoms with van der Waals surface area (Å²) in [7, 11) is 1.68. The van der Waals surface area contributed by atoms with Gasteiger partial charge in [-0.25, -0.2) is 0 Å². The molecule has 0 aromatic heterocycles. The molecule has 0 fully saturated rings. The van der Waals surface area contributed by atoms with Crippen LogP contribution in [0.1, 0.15) is 38.8 Å². The molecule has 0 heterocycles. The molecule has 0 aliphatic carbocycles. The van der Waals surface area contributed by atoms with Crippen molar-refractivity contribution in [2.75, 3.05) is 32.8 Å². The molecule has 2 atom stereocenters. The van der Waals surface area contributed by atoms with Crippen LogP contribution in [-0.2, 0) is 19.7 Å². The lowest BCUT2D eigenvalue weighted by Crippen LogP contribution is -2.26. The Balaban J connectivity index is 2.14. The third-order valence-electron chi connectivity index (χ3n) is 5.20. The molecule has 0 amide bonds. The molecule has 0 radical (unpaired) electrons. The highest BCUT2D eigenvalue weighted by Gasteiger charge is 2.26. The third-order valence-corrected chi connectivity index (χ3v) is 6.11. The van der Waals surface area contributed by atoms with Crippen LogP contribution in [0, 0.1) is 5.92 Å². The van der Waals surface area contributed by atoms with Gasteiger partial charge in [0.15, 0.2) is 5.75 Å². The van der Waals surface area contributed by atoms with Gasteiger partial charge >= 0.3 is 5.97 Å². The Kier molecular flexibility index (Phi) is 10.6. The fourth-order valence-electron chi connectivity index (χ4n) is 3.29. The molecule has 33 heavy (non-hydrogen) atoms. The van der Waals surface area contributed by atoms with Crippen LogP contribution >= 0.6 is 34.8 Å². The summed E-state index contributed by atoms with van der Waals surface area (Å²) in [6, 6.07) is 11.7. The van der Waals surface area contributed by atoms with Crippen LogP contribution in [-0.4, -0.2) is 44.9 Å². The number of alkyl halides is 1. The quantitative estimate of drug-likeness (QED) is 0.237. The number of methoxy groups -OCH3 is 1. The van der Waals surface area contributed by atoms with Gasteiger partial charge in [-0.15, -0.1) is 11.6 Å². The van der Waals surface area contributed by atoms with Crippen LogP contribution < -0.4 is 9.47 Å². The number of hydrogen-bond donors (Lipinski definition) is 0. The maximum Gasteiger partial charge on any atom is 0.303 e. The normalized spacial score (nSPS) is 13.3. The van der Waals surface area contributed by atoms with Gasteiger partial charge in [0.1, 0.15) is 18.5 Å². The molecular formula is C25H31Cl3O5. The Bertz CT molecular complexity index is 892. The lowest BCUT2D eigenvalue weighted by molar-refractivity contribution is -0.146. The van der Waals surface area contributed by atoms with Gasteiger partial charge in [0, 0.05) is 25.4 Å². The van der Waals surface area contributed by atoms with E-state index in [4.69, 9.17) is 53.8 Å². The van der Waals surface area contributed by atoms with Crippen LogP contribution in [0.2, 0.25) is 10.0 Å². The highest BCUT2D eigenvalue weighted by molar-refractivity contribution is 6.37. The zero-order valence-electron chi connectivity index (χ0n) is 19.6. The standard InChI is InChI=1S/C25H31Cl3O5/c1-16(13-30-5)14-31-20-8-6-18(7-9-20)25(3,4)19-10-22(27)24(23(28)11-19)32-15-21(12-26)33-17(2)29/h6-11,16,21H,12-15H2,1-5H3. The molecule has 0 N–H and O–H groups in total. The Hall–Kier alpha value is -1.66. The number of carbonyl (C=O) groups is 1. The summed E-state index contributed by atoms with van der Waals surface area (Å²) in [5.41, 5.74) is 1.64. The van der Waals surface area contributed by atoms with Gasteiger partial charge in [-0.05, 0) is 35.4 Å². The van der Waals surface area contributed by atoms with Crippen molar-refractivity contribution in [2.24, 2.45) is 5.92 Å². The molecule has 182 valence electrons. The Morgan fingerprint density at radius 1 is 0.970 bits per heavy atom. The summed E-state index contributed by atoms with van der Waals surface area (Å²) in [5.74, 6) is 1.11. The largest absolute Gasteiger partial charge is 0.493 e. The maximum atomic E-state index is 11.2. The molecule has 0 saturated carbocycles. The van der Waals surface area contributed by atoms with Crippen molar-refractivity contribution in [1.29, 1.82) is 0 Å². The second-order valence-corrected chi connectivity index (χ2v) is 9.61. The predicted octanol–water partition coefficient (Wildman–Crippen LogP) is 6.53. The minimum Gasteiger partial charge on any atom is -0.493 e. The van der Waals surface area contributed by atoms with Crippen molar-refractivity contribution in [3.63, 3.8) is 0 Å². The smallest absolute Gasteiger partial charge is 0.303 e. The van der Waals surface area contributed by atoms with Crippen LogP contribution in [0.15, 0.2) is 36.4 Å². The Morgan fingerprint density at radius 2 is 1.58 bits per heavy atom. The van der Waals surface area contributed by atoms with E-state index in [-0.39, 0.29) is 17.9 Å². The maximum absolute atomic E-state index is 11.2. The van der Waals surface area contributed by atoms with E-state index < -0.39 is 12.1 Å². The van der Waals surface area contributed by atoms with Gasteiger partial charge in [-0.1, -0.05) is 56.1 Å². The van der Waals surface area contributed by atoms with Gasteiger partial charge in [0.05, 0.1) is 29.1 Å². The molecule has 0 bridgehead atoms. The molecule has 0 spiro atoms. The first-order valence-corrected chi connectivity index (χ1v) is 11.9. The van der Waals surface area contributed by atoms with E-state index in [9.17, 15) is 4.79 Å². The number of hydrogen-bond acceptors (Lipinski definition) is 5. The van der Waals surface area contributed by atoms with E-state index in [0.29, 0.717) is 34.9 Å². The molecule has 0 aliphatic heterocycles. The van der Waals surface area contributed by atoms with E-state index in [2.05, 4.69) is 20.8 Å². The molecule has 5 nitrogen and oxygen atoms in total. The highest BCUT2D eigenvalue weighted by Crippen LogP contribution is 2.40. The predicted molar refractivity (Wildman–Crippen MR) is 133 cm³/mol. The number of rotatable bonds is 12. The lowest BCUT2D eigenvalue weighted by Gasteiger charge is -2.27. The van der Waals surface area contributed by atoms with Crippen LogP contribution in [0.3, 0.4) is 0 Å². The number of halogens is 3. The second-order valence-electron chi connectivity index (χ2n) is 8.49. The minimum absolute atomic E-state index is 0.0513. The summed E-state index contributed by atoms with van der Waals surface area (Å²) < 4.78 is 21.8. The number of ether oxygens (including phenoxy) is 4. The van der Waals surface area contributed by atoms with Crippen LogP contribution in [0.4, 0.5) is 0 Å². The Morgan fingerprint density at radius 3 is 2.09 bits per heavy atom. The van der Waals surface area contributed by atoms with Gasteiger partial charge in [-0.2, -0.15) is 0 Å². The van der Waals surface area contributed by atoms with Crippen molar-refractivity contribution >= 4 is 40.8 Å². The highest BCUT2D eigenvalue weighted by atomic mass is 35.5. The van der Waals surface area contributed by atoms with Gasteiger partial charge < -0.3 is 18.9 Å². The number of carbonyl (C=O) groups excluding carboxylic acids is 1. The van der Waals surface area contributed by atoms with Crippen molar-refractivity contribution in [1.82, 2.24) is 0 Å². The molecule has 2 aromatic rings. The molecule has 8 heteroatoms. The monoisotopic (exact) mass is 516 g/mol. The van der Waals surface area contributed by atoms with E-state index in [1.165, 1.54) is 6.92 Å². The second kappa shape index (κ2) is 12.7. The average Bonchev–Trinajstić information content (AvgIpc) is 2.76. The summed E-state index contributed by atoms with van der Waals surface area (Å²) in [4.78, 5) is 11.2. The molecule has 2 unspecified atom stereocenters.